The summed E-state index contributed by atoms with van der Waals surface area (Å²) in [5, 5.41) is 7.07. The number of hydrogen-bond donors (Lipinski definition) is 2. The Kier molecular flexibility index (Phi) is 3.53. The smallest absolute Gasteiger partial charge is 0.0191 e. The zero-order valence-electron chi connectivity index (χ0n) is 8.61. The number of hydrogen-bond acceptors (Lipinski definition) is 2. The largest absolute Gasteiger partial charge is 0.315 e. The third-order valence-corrected chi connectivity index (χ3v) is 3.35. The molecule has 2 N–H and O–H groups in total. The Labute approximate surface area is 76.1 Å². The topological polar surface area (TPSA) is 24.1 Å². The van der Waals surface area contributed by atoms with Crippen LogP contribution in [0.3, 0.4) is 0 Å². The first-order valence-electron chi connectivity index (χ1n) is 5.15. The van der Waals surface area contributed by atoms with Crippen molar-refractivity contribution >= 4 is 0 Å². The molecule has 2 nitrogen and oxygen atoms in total. The summed E-state index contributed by atoms with van der Waals surface area (Å²) in [7, 11) is 0. The molecule has 12 heavy (non-hydrogen) atoms. The molecule has 0 aromatic heterocycles. The van der Waals surface area contributed by atoms with Crippen LogP contribution in [0.25, 0.3) is 0 Å². The summed E-state index contributed by atoms with van der Waals surface area (Å²) < 4.78 is 0. The van der Waals surface area contributed by atoms with E-state index in [0.29, 0.717) is 5.54 Å². The highest BCUT2D eigenvalue weighted by atomic mass is 15.0. The van der Waals surface area contributed by atoms with Gasteiger partial charge >= 0.3 is 0 Å². The Hall–Kier alpha value is -0.0800. The van der Waals surface area contributed by atoms with Gasteiger partial charge in [-0.3, -0.25) is 0 Å². The Morgan fingerprint density at radius 3 is 2.75 bits per heavy atom. The van der Waals surface area contributed by atoms with Crippen LogP contribution in [0, 0.1) is 5.92 Å². The lowest BCUT2D eigenvalue weighted by atomic mass is 9.82. The fraction of sp³-hybridized carbons (Fsp3) is 1.00. The fourth-order valence-corrected chi connectivity index (χ4v) is 1.87. The van der Waals surface area contributed by atoms with Gasteiger partial charge in [0.2, 0.25) is 0 Å². The minimum absolute atomic E-state index is 0.359. The van der Waals surface area contributed by atoms with E-state index in [0.717, 1.165) is 25.6 Å². The predicted molar refractivity (Wildman–Crippen MR) is 53.3 cm³/mol. The SMILES string of the molecule is CCC(C)C1(C)CCNCCN1. The summed E-state index contributed by atoms with van der Waals surface area (Å²) in [5.41, 5.74) is 0.359. The summed E-state index contributed by atoms with van der Waals surface area (Å²) in [5.74, 6) is 0.775. The highest BCUT2D eigenvalue weighted by Crippen LogP contribution is 2.23. The summed E-state index contributed by atoms with van der Waals surface area (Å²) in [6.07, 6.45) is 2.52. The minimum atomic E-state index is 0.359. The van der Waals surface area contributed by atoms with Gasteiger partial charge in [0.25, 0.3) is 0 Å². The molecule has 0 radical (unpaired) electrons. The van der Waals surface area contributed by atoms with Gasteiger partial charge < -0.3 is 10.6 Å². The van der Waals surface area contributed by atoms with Crippen molar-refractivity contribution in [2.75, 3.05) is 19.6 Å². The Morgan fingerprint density at radius 2 is 2.08 bits per heavy atom. The molecule has 0 aliphatic carbocycles. The second-order valence-corrected chi connectivity index (χ2v) is 4.15. The maximum Gasteiger partial charge on any atom is 0.0191 e. The molecule has 2 atom stereocenters. The lowest BCUT2D eigenvalue weighted by molar-refractivity contribution is 0.238. The quantitative estimate of drug-likeness (QED) is 0.654. The average molecular weight is 170 g/mol. The Balaban J connectivity index is 2.53. The molecule has 0 amide bonds. The second kappa shape index (κ2) is 4.24. The first-order valence-corrected chi connectivity index (χ1v) is 5.15. The van der Waals surface area contributed by atoms with Crippen molar-refractivity contribution in [2.45, 2.75) is 39.2 Å². The van der Waals surface area contributed by atoms with Crippen LogP contribution in [-0.2, 0) is 0 Å². The van der Waals surface area contributed by atoms with Gasteiger partial charge in [0.15, 0.2) is 0 Å². The van der Waals surface area contributed by atoms with E-state index >= 15 is 0 Å². The maximum absolute atomic E-state index is 3.65. The normalized spacial score (nSPS) is 34.2. The van der Waals surface area contributed by atoms with E-state index < -0.39 is 0 Å². The van der Waals surface area contributed by atoms with Gasteiger partial charge in [0.05, 0.1) is 0 Å². The Bertz CT molecular complexity index is 126. The Morgan fingerprint density at radius 1 is 1.33 bits per heavy atom. The van der Waals surface area contributed by atoms with Crippen LogP contribution in [0.2, 0.25) is 0 Å². The van der Waals surface area contributed by atoms with Crippen LogP contribution < -0.4 is 10.6 Å². The molecule has 2 unspecified atom stereocenters. The van der Waals surface area contributed by atoms with Crippen molar-refractivity contribution in [3.05, 3.63) is 0 Å². The van der Waals surface area contributed by atoms with E-state index in [2.05, 4.69) is 31.4 Å². The molecule has 1 aliphatic heterocycles. The number of rotatable bonds is 2. The molecule has 1 fully saturated rings. The highest BCUT2D eigenvalue weighted by Gasteiger charge is 2.29. The van der Waals surface area contributed by atoms with Gasteiger partial charge in [-0.15, -0.1) is 0 Å². The van der Waals surface area contributed by atoms with Gasteiger partial charge in [-0.25, -0.2) is 0 Å². The maximum atomic E-state index is 3.65. The second-order valence-electron chi connectivity index (χ2n) is 4.15. The van der Waals surface area contributed by atoms with Crippen LogP contribution in [0.4, 0.5) is 0 Å². The molecule has 1 aliphatic rings. The monoisotopic (exact) mass is 170 g/mol. The van der Waals surface area contributed by atoms with Crippen molar-refractivity contribution in [1.82, 2.24) is 10.6 Å². The number of nitrogens with one attached hydrogen (secondary N) is 2. The van der Waals surface area contributed by atoms with Crippen molar-refractivity contribution in [3.8, 4) is 0 Å². The van der Waals surface area contributed by atoms with E-state index in [4.69, 9.17) is 0 Å². The van der Waals surface area contributed by atoms with Crippen LogP contribution in [0.15, 0.2) is 0 Å². The average Bonchev–Trinajstić information content (AvgIpc) is 2.29. The molecule has 72 valence electrons. The molecule has 1 saturated heterocycles. The zero-order valence-corrected chi connectivity index (χ0v) is 8.61. The molecular formula is C10H22N2. The van der Waals surface area contributed by atoms with E-state index in [9.17, 15) is 0 Å². The van der Waals surface area contributed by atoms with Gasteiger partial charge in [-0.2, -0.15) is 0 Å². The minimum Gasteiger partial charge on any atom is -0.315 e. The van der Waals surface area contributed by atoms with Crippen molar-refractivity contribution in [1.29, 1.82) is 0 Å². The molecule has 0 bridgehead atoms. The molecule has 0 saturated carbocycles. The van der Waals surface area contributed by atoms with Gasteiger partial charge in [-0.1, -0.05) is 20.3 Å². The summed E-state index contributed by atoms with van der Waals surface area (Å²) in [6.45, 7) is 10.4. The molecule has 2 heteroatoms. The lowest BCUT2D eigenvalue weighted by Crippen LogP contribution is -2.47. The van der Waals surface area contributed by atoms with Crippen LogP contribution >= 0.6 is 0 Å². The first kappa shape index (κ1) is 10.0. The molecule has 1 heterocycles. The zero-order chi connectivity index (χ0) is 9.03. The third kappa shape index (κ3) is 2.20. The van der Waals surface area contributed by atoms with E-state index in [1.54, 1.807) is 0 Å². The lowest BCUT2D eigenvalue weighted by Gasteiger charge is -2.35. The van der Waals surface area contributed by atoms with E-state index in [1.165, 1.54) is 12.8 Å². The molecular weight excluding hydrogens is 148 g/mol. The molecule has 0 spiro atoms. The third-order valence-electron chi connectivity index (χ3n) is 3.35. The molecule has 1 rings (SSSR count). The van der Waals surface area contributed by atoms with E-state index in [1.807, 2.05) is 0 Å². The van der Waals surface area contributed by atoms with Crippen LogP contribution in [0.1, 0.15) is 33.6 Å². The highest BCUT2D eigenvalue weighted by molar-refractivity contribution is 4.90. The predicted octanol–water partition coefficient (Wildman–Crippen LogP) is 1.37. The van der Waals surface area contributed by atoms with Crippen LogP contribution in [0.5, 0.6) is 0 Å². The molecule has 0 aromatic carbocycles. The van der Waals surface area contributed by atoms with Crippen molar-refractivity contribution in [2.24, 2.45) is 5.92 Å². The van der Waals surface area contributed by atoms with Crippen molar-refractivity contribution < 1.29 is 0 Å². The summed E-state index contributed by atoms with van der Waals surface area (Å²) in [6, 6.07) is 0. The standard InChI is InChI=1S/C10H22N2/c1-4-9(2)10(3)5-6-11-7-8-12-10/h9,11-12H,4-8H2,1-3H3. The van der Waals surface area contributed by atoms with E-state index in [-0.39, 0.29) is 0 Å². The summed E-state index contributed by atoms with van der Waals surface area (Å²) in [4.78, 5) is 0. The van der Waals surface area contributed by atoms with Gasteiger partial charge in [-0.05, 0) is 25.8 Å². The van der Waals surface area contributed by atoms with Gasteiger partial charge in [0, 0.05) is 18.6 Å². The first-order chi connectivity index (χ1) is 5.69. The summed E-state index contributed by atoms with van der Waals surface area (Å²) >= 11 is 0. The fourth-order valence-electron chi connectivity index (χ4n) is 1.87. The molecule has 0 aromatic rings. The van der Waals surface area contributed by atoms with Gasteiger partial charge in [0.1, 0.15) is 0 Å². The van der Waals surface area contributed by atoms with Crippen LogP contribution in [-0.4, -0.2) is 25.2 Å². The van der Waals surface area contributed by atoms with Crippen molar-refractivity contribution in [3.63, 3.8) is 0 Å².